The highest BCUT2D eigenvalue weighted by molar-refractivity contribution is 7.85. The number of ether oxygens (including phenoxy) is 2. The van der Waals surface area contributed by atoms with E-state index in [1.807, 2.05) is 35.8 Å². The van der Waals surface area contributed by atoms with Gasteiger partial charge in [-0.25, -0.2) is 23.2 Å². The first-order valence-corrected chi connectivity index (χ1v) is 24.6. The summed E-state index contributed by atoms with van der Waals surface area (Å²) in [5.41, 5.74) is 9.96. The van der Waals surface area contributed by atoms with Crippen molar-refractivity contribution in [2.75, 3.05) is 43.1 Å². The average molecular weight is 987 g/mol. The van der Waals surface area contributed by atoms with Crippen molar-refractivity contribution in [3.05, 3.63) is 135 Å². The van der Waals surface area contributed by atoms with E-state index < -0.39 is 39.3 Å². The van der Waals surface area contributed by atoms with Crippen molar-refractivity contribution in [3.8, 4) is 5.75 Å². The lowest BCUT2D eigenvalue weighted by molar-refractivity contribution is -0.645. The number of nitrogen functional groups attached to an aromatic ring is 1. The van der Waals surface area contributed by atoms with Crippen LogP contribution in [0.15, 0.2) is 95.9 Å². The van der Waals surface area contributed by atoms with Gasteiger partial charge in [-0.15, -0.1) is 0 Å². The quantitative estimate of drug-likeness (QED) is 0.0139. The number of carbonyl (C=O) groups is 4. The van der Waals surface area contributed by atoms with E-state index in [1.165, 1.54) is 6.20 Å². The average Bonchev–Trinajstić information content (AvgIpc) is 3.34. The zero-order valence-corrected chi connectivity index (χ0v) is 40.2. The summed E-state index contributed by atoms with van der Waals surface area (Å²) in [7, 11) is -4.41. The van der Waals surface area contributed by atoms with Gasteiger partial charge in [0, 0.05) is 54.2 Å². The molecule has 0 fully saturated rings. The van der Waals surface area contributed by atoms with Gasteiger partial charge in [0.15, 0.2) is 17.7 Å². The molecule has 0 aliphatic rings. The molecule has 3 aromatic heterocycles. The van der Waals surface area contributed by atoms with Crippen LogP contribution in [-0.2, 0) is 32.7 Å². The number of H-pyrrole nitrogens is 1. The molecule has 0 aliphatic heterocycles. The Balaban J connectivity index is 0.865. The van der Waals surface area contributed by atoms with Crippen molar-refractivity contribution < 1.29 is 46.2 Å². The molecule has 21 heteroatoms. The second-order valence-electron chi connectivity index (χ2n) is 16.7. The largest absolute Gasteiger partial charge is 0.748 e. The van der Waals surface area contributed by atoms with Crippen molar-refractivity contribution in [1.82, 2.24) is 35.9 Å². The monoisotopic (exact) mass is 986 g/mol. The highest BCUT2D eigenvalue weighted by Crippen LogP contribution is 2.30. The number of nitrogens with zero attached hydrogens (tertiary/aromatic N) is 4. The number of nitrogens with two attached hydrogens (primary N) is 1. The smallest absolute Gasteiger partial charge is 0.345 e. The number of hydrogen-bond acceptors (Lipinski definition) is 15. The third-order valence-corrected chi connectivity index (χ3v) is 12.3. The van der Waals surface area contributed by atoms with Crippen LogP contribution in [0.1, 0.15) is 80.5 Å². The molecule has 71 heavy (non-hydrogen) atoms. The summed E-state index contributed by atoms with van der Waals surface area (Å²) < 4.78 is 47.7. The molecule has 370 valence electrons. The van der Waals surface area contributed by atoms with Gasteiger partial charge in [0.25, 0.3) is 17.4 Å². The van der Waals surface area contributed by atoms with Crippen LogP contribution in [0.4, 0.5) is 11.6 Å². The van der Waals surface area contributed by atoms with Crippen LogP contribution < -0.4 is 41.9 Å². The van der Waals surface area contributed by atoms with E-state index >= 15 is 0 Å². The topological polar surface area (TPSA) is 293 Å². The lowest BCUT2D eigenvalue weighted by Crippen LogP contribution is -2.47. The highest BCUT2D eigenvalue weighted by atomic mass is 32.2. The number of esters is 1. The van der Waals surface area contributed by atoms with Gasteiger partial charge in [-0.1, -0.05) is 44.0 Å². The number of benzene rings is 4. The van der Waals surface area contributed by atoms with Crippen molar-refractivity contribution in [3.63, 3.8) is 0 Å². The lowest BCUT2D eigenvalue weighted by atomic mass is 10.0. The van der Waals surface area contributed by atoms with Gasteiger partial charge in [-0.2, -0.15) is 9.55 Å². The fraction of sp³-hybridized carbons (Fsp3) is 0.300. The minimum absolute atomic E-state index is 0.0487. The summed E-state index contributed by atoms with van der Waals surface area (Å²) in [6.45, 7) is 6.64. The number of anilines is 2. The molecule has 7 rings (SSSR count). The van der Waals surface area contributed by atoms with Crippen molar-refractivity contribution >= 4 is 78.4 Å². The van der Waals surface area contributed by atoms with E-state index in [-0.39, 0.29) is 74.7 Å². The van der Waals surface area contributed by atoms with Crippen LogP contribution >= 0.6 is 0 Å². The number of aryl methyl sites for hydroxylation is 3. The normalized spacial score (nSPS) is 11.9. The first-order chi connectivity index (χ1) is 34.1. The van der Waals surface area contributed by atoms with Gasteiger partial charge in [0.1, 0.15) is 11.8 Å². The number of para-hydroxylation sites is 2. The Morgan fingerprint density at radius 1 is 0.845 bits per heavy atom. The molecular weight excluding hydrogens is 933 g/mol. The molecule has 7 aromatic rings. The molecule has 3 amide bonds. The minimum Gasteiger partial charge on any atom is -0.748 e. The summed E-state index contributed by atoms with van der Waals surface area (Å²) in [5, 5.41) is 12.8. The Kier molecular flexibility index (Phi) is 16.6. The van der Waals surface area contributed by atoms with Gasteiger partial charge in [0.05, 0.1) is 58.1 Å². The maximum Gasteiger partial charge on any atom is 0.345 e. The fourth-order valence-electron chi connectivity index (χ4n) is 8.08. The maximum atomic E-state index is 14.1. The second-order valence-corrected chi connectivity index (χ2v) is 18.3. The molecule has 0 bridgehead atoms. The molecular formula is C50H54N10O10S. The number of aromatic amines is 1. The summed E-state index contributed by atoms with van der Waals surface area (Å²) in [6, 6.07) is 23.6. The summed E-state index contributed by atoms with van der Waals surface area (Å²) in [5.74, 6) is -2.00. The van der Waals surface area contributed by atoms with Gasteiger partial charge >= 0.3 is 5.97 Å². The summed E-state index contributed by atoms with van der Waals surface area (Å²) in [4.78, 5) is 80.7. The number of carbonyl (C=O) groups excluding carboxylic acids is 4. The third-order valence-electron chi connectivity index (χ3n) is 11.5. The summed E-state index contributed by atoms with van der Waals surface area (Å²) >= 11 is 0. The standard InChI is InChI=1S/C50H54N10O10S/c1-4-5-13-38(57-46(62)32-16-18-34(19-17-32)54-28-35-29-55-44-42(56-35)48(64)59-50(51)58-44)47(63)53-21-24-69-23-20-52-45(61)33-26-30(2)43(31(3)27-33)70-49(65)41-36-11-6-8-14-39(36)60(22-10-25-71(66,67)68)40-15-9-7-12-37(40)41/h6-9,11-12,14-19,26-27,29,38H,4-5,10,13,20-25,28H2,1-3H3,(H7-,51,52,53,54,55,57,58,59,61,62,63,64,66,67,68). The van der Waals surface area contributed by atoms with Crippen LogP contribution in [0.3, 0.4) is 0 Å². The molecule has 0 saturated heterocycles. The molecule has 0 saturated carbocycles. The molecule has 0 spiro atoms. The molecule has 4 aromatic carbocycles. The number of pyridine rings is 1. The van der Waals surface area contributed by atoms with Crippen LogP contribution in [0, 0.1) is 13.8 Å². The maximum absolute atomic E-state index is 14.1. The molecule has 3 heterocycles. The van der Waals surface area contributed by atoms with E-state index in [4.69, 9.17) is 15.2 Å². The van der Waals surface area contributed by atoms with Crippen LogP contribution in [0.5, 0.6) is 5.75 Å². The van der Waals surface area contributed by atoms with Crippen LogP contribution in [0.25, 0.3) is 33.0 Å². The Hall–Kier alpha value is -7.88. The zero-order chi connectivity index (χ0) is 50.7. The molecule has 1 unspecified atom stereocenters. The predicted octanol–water partition coefficient (Wildman–Crippen LogP) is 4.12. The number of aromatic nitrogens is 5. The molecule has 20 nitrogen and oxygen atoms in total. The Labute approximate surface area is 408 Å². The van der Waals surface area contributed by atoms with Gasteiger partial charge in [-0.3, -0.25) is 24.2 Å². The fourth-order valence-corrected chi connectivity index (χ4v) is 8.56. The number of hydrogen-bond donors (Lipinski definition) is 6. The number of unbranched alkanes of at least 4 members (excludes halogenated alkanes) is 1. The first kappa shape index (κ1) is 51.0. The number of nitrogens with one attached hydrogen (secondary N) is 5. The minimum atomic E-state index is -4.41. The van der Waals surface area contributed by atoms with Crippen molar-refractivity contribution in [1.29, 1.82) is 0 Å². The van der Waals surface area contributed by atoms with E-state index in [9.17, 15) is 36.9 Å². The third kappa shape index (κ3) is 13.1. The van der Waals surface area contributed by atoms with Crippen molar-refractivity contribution in [2.45, 2.75) is 65.6 Å². The van der Waals surface area contributed by atoms with Gasteiger partial charge in [-0.05, 0) is 79.9 Å². The predicted molar refractivity (Wildman–Crippen MR) is 265 cm³/mol. The molecule has 0 radical (unpaired) electrons. The number of rotatable bonds is 22. The van der Waals surface area contributed by atoms with E-state index in [0.717, 1.165) is 6.42 Å². The van der Waals surface area contributed by atoms with Gasteiger partial charge in [0.2, 0.25) is 22.9 Å². The highest BCUT2D eigenvalue weighted by Gasteiger charge is 2.27. The molecule has 7 N–H and O–H groups in total. The molecule has 1 atom stereocenters. The van der Waals surface area contributed by atoms with E-state index in [1.54, 1.807) is 74.5 Å². The number of fused-ring (bicyclic) bond motifs is 3. The van der Waals surface area contributed by atoms with Crippen LogP contribution in [-0.4, -0.2) is 94.7 Å². The zero-order valence-electron chi connectivity index (χ0n) is 39.4. The van der Waals surface area contributed by atoms with Gasteiger partial charge < -0.3 is 41.0 Å². The summed E-state index contributed by atoms with van der Waals surface area (Å²) in [6.07, 6.45) is 3.56. The Morgan fingerprint density at radius 3 is 2.14 bits per heavy atom. The lowest BCUT2D eigenvalue weighted by Gasteiger charge is -2.18. The van der Waals surface area contributed by atoms with Crippen molar-refractivity contribution in [2.24, 2.45) is 0 Å². The first-order valence-electron chi connectivity index (χ1n) is 23.0. The second kappa shape index (κ2) is 23.2. The van der Waals surface area contributed by atoms with E-state index in [2.05, 4.69) is 41.2 Å². The van der Waals surface area contributed by atoms with E-state index in [0.29, 0.717) is 79.6 Å². The SMILES string of the molecule is CCCCC(NC(=O)c1ccc(NCc2cnc3nc(N)[nH]c(=O)c3n2)cc1)C(=O)NCCOCCNC(=O)c1cc(C)c(OC(=O)c2c3ccccc3[n+](CCCS(=O)(=O)[O-])c3ccccc23)c(C)c1. The number of amides is 3. The Morgan fingerprint density at radius 2 is 1.49 bits per heavy atom. The van der Waals surface area contributed by atoms with Crippen LogP contribution in [0.2, 0.25) is 0 Å². The Bertz CT molecular complexity index is 3210. The molecule has 0 aliphatic carbocycles.